The number of halogens is 1. The number of nitrogens with zero attached hydrogens (tertiary/aromatic N) is 2. The molecule has 3 N–H and O–H groups in total. The molecule has 1 aromatic heterocycles. The van der Waals surface area contributed by atoms with Crippen molar-refractivity contribution in [2.24, 2.45) is 0 Å². The molecule has 0 spiro atoms. The Balaban J connectivity index is 2.18. The van der Waals surface area contributed by atoms with Crippen molar-refractivity contribution in [1.82, 2.24) is 9.97 Å². The molecular weight excluding hydrogens is 271 g/mol. The summed E-state index contributed by atoms with van der Waals surface area (Å²) in [6.45, 7) is 3.80. The number of aliphatic hydroxyl groups is 1. The van der Waals surface area contributed by atoms with Gasteiger partial charge in [-0.3, -0.25) is 0 Å². The highest BCUT2D eigenvalue weighted by atomic mass is 19.1. The molecular formula is C15H19FN4O. The highest BCUT2D eigenvalue weighted by molar-refractivity contribution is 5.55. The number of rotatable bonds is 6. The van der Waals surface area contributed by atoms with Crippen LogP contribution in [-0.2, 0) is 0 Å². The third-order valence-electron chi connectivity index (χ3n) is 3.07. The average molecular weight is 290 g/mol. The first-order valence-corrected chi connectivity index (χ1v) is 6.86. The summed E-state index contributed by atoms with van der Waals surface area (Å²) in [6, 6.07) is 7.49. The third-order valence-corrected chi connectivity index (χ3v) is 3.07. The van der Waals surface area contributed by atoms with Crippen molar-refractivity contribution in [3.63, 3.8) is 0 Å². The standard InChI is InChI=1S/C15H19FN4O/c1-3-11(9-21)18-14-13(16)8-17-15(20-14)19-12-6-4-5-10(2)7-12/h4-8,11,21H,3,9H2,1-2H3,(H2,17,18,19,20). The van der Waals surface area contributed by atoms with E-state index in [-0.39, 0.29) is 18.5 Å². The van der Waals surface area contributed by atoms with Crippen LogP contribution in [0.2, 0.25) is 0 Å². The highest BCUT2D eigenvalue weighted by Gasteiger charge is 2.11. The van der Waals surface area contributed by atoms with Crippen LogP contribution < -0.4 is 10.6 Å². The Morgan fingerprint density at radius 1 is 1.38 bits per heavy atom. The molecule has 5 nitrogen and oxygen atoms in total. The SMILES string of the molecule is CCC(CO)Nc1nc(Nc2cccc(C)c2)ncc1F. The number of aryl methyl sites for hydroxylation is 1. The topological polar surface area (TPSA) is 70.1 Å². The van der Waals surface area contributed by atoms with E-state index in [1.54, 1.807) is 0 Å². The molecule has 0 saturated carbocycles. The van der Waals surface area contributed by atoms with E-state index in [4.69, 9.17) is 5.11 Å². The summed E-state index contributed by atoms with van der Waals surface area (Å²) in [7, 11) is 0. The van der Waals surface area contributed by atoms with E-state index in [9.17, 15) is 4.39 Å². The van der Waals surface area contributed by atoms with Crippen molar-refractivity contribution in [3.05, 3.63) is 41.8 Å². The van der Waals surface area contributed by atoms with E-state index in [2.05, 4.69) is 20.6 Å². The molecule has 0 fully saturated rings. The van der Waals surface area contributed by atoms with Gasteiger partial charge in [0.05, 0.1) is 18.8 Å². The summed E-state index contributed by atoms with van der Waals surface area (Å²) in [5.41, 5.74) is 1.94. The second-order valence-electron chi connectivity index (χ2n) is 4.82. The molecule has 0 radical (unpaired) electrons. The predicted molar refractivity (Wildman–Crippen MR) is 81.2 cm³/mol. The molecule has 1 unspecified atom stereocenters. The van der Waals surface area contributed by atoms with Crippen molar-refractivity contribution in [2.75, 3.05) is 17.2 Å². The maximum Gasteiger partial charge on any atom is 0.229 e. The van der Waals surface area contributed by atoms with Gasteiger partial charge in [-0.05, 0) is 31.0 Å². The summed E-state index contributed by atoms with van der Waals surface area (Å²) in [6.07, 6.45) is 1.78. The summed E-state index contributed by atoms with van der Waals surface area (Å²) in [5, 5.41) is 15.1. The number of benzene rings is 1. The molecule has 0 aliphatic carbocycles. The fourth-order valence-corrected chi connectivity index (χ4v) is 1.85. The number of hydrogen-bond acceptors (Lipinski definition) is 5. The lowest BCUT2D eigenvalue weighted by molar-refractivity contribution is 0.271. The summed E-state index contributed by atoms with van der Waals surface area (Å²) >= 11 is 0. The van der Waals surface area contributed by atoms with E-state index in [0.29, 0.717) is 12.4 Å². The predicted octanol–water partition coefficient (Wildman–Crippen LogP) is 2.85. The van der Waals surface area contributed by atoms with Crippen LogP contribution in [0.5, 0.6) is 0 Å². The molecule has 2 aromatic rings. The minimum atomic E-state index is -0.545. The van der Waals surface area contributed by atoms with Crippen LogP contribution in [0.15, 0.2) is 30.5 Å². The monoisotopic (exact) mass is 290 g/mol. The molecule has 112 valence electrons. The number of nitrogens with one attached hydrogen (secondary N) is 2. The molecule has 1 aromatic carbocycles. The Morgan fingerprint density at radius 2 is 2.19 bits per heavy atom. The quantitative estimate of drug-likeness (QED) is 0.763. The van der Waals surface area contributed by atoms with Crippen molar-refractivity contribution in [1.29, 1.82) is 0 Å². The Morgan fingerprint density at radius 3 is 2.86 bits per heavy atom. The van der Waals surface area contributed by atoms with E-state index in [0.717, 1.165) is 17.4 Å². The molecule has 0 bridgehead atoms. The van der Waals surface area contributed by atoms with Crippen molar-refractivity contribution >= 4 is 17.5 Å². The fraction of sp³-hybridized carbons (Fsp3) is 0.333. The maximum absolute atomic E-state index is 13.7. The molecule has 0 aliphatic rings. The van der Waals surface area contributed by atoms with E-state index in [1.165, 1.54) is 0 Å². The lowest BCUT2D eigenvalue weighted by Crippen LogP contribution is -2.24. The number of anilines is 3. The number of aromatic nitrogens is 2. The summed E-state index contributed by atoms with van der Waals surface area (Å²) < 4.78 is 13.7. The zero-order chi connectivity index (χ0) is 15.2. The number of hydrogen-bond donors (Lipinski definition) is 3. The zero-order valence-corrected chi connectivity index (χ0v) is 12.1. The van der Waals surface area contributed by atoms with Gasteiger partial charge in [0.2, 0.25) is 5.95 Å². The first-order chi connectivity index (χ1) is 10.1. The van der Waals surface area contributed by atoms with Crippen LogP contribution in [-0.4, -0.2) is 27.7 Å². The average Bonchev–Trinajstić information content (AvgIpc) is 2.48. The van der Waals surface area contributed by atoms with Gasteiger partial charge in [-0.2, -0.15) is 4.98 Å². The smallest absolute Gasteiger partial charge is 0.229 e. The first kappa shape index (κ1) is 15.2. The Bertz CT molecular complexity index is 602. The van der Waals surface area contributed by atoms with Gasteiger partial charge in [-0.15, -0.1) is 0 Å². The lowest BCUT2D eigenvalue weighted by atomic mass is 10.2. The molecule has 2 rings (SSSR count). The van der Waals surface area contributed by atoms with Crippen LogP contribution in [0.25, 0.3) is 0 Å². The minimum Gasteiger partial charge on any atom is -0.394 e. The molecule has 1 atom stereocenters. The van der Waals surface area contributed by atoms with Gasteiger partial charge in [-0.1, -0.05) is 19.1 Å². The van der Waals surface area contributed by atoms with Crippen LogP contribution in [0, 0.1) is 12.7 Å². The van der Waals surface area contributed by atoms with Crippen LogP contribution in [0.3, 0.4) is 0 Å². The lowest BCUT2D eigenvalue weighted by Gasteiger charge is -2.15. The van der Waals surface area contributed by atoms with Crippen molar-refractivity contribution in [3.8, 4) is 0 Å². The van der Waals surface area contributed by atoms with Crippen LogP contribution in [0.1, 0.15) is 18.9 Å². The van der Waals surface area contributed by atoms with Gasteiger partial charge in [-0.25, -0.2) is 9.37 Å². The summed E-state index contributed by atoms with van der Waals surface area (Å²) in [5.74, 6) is -0.157. The first-order valence-electron chi connectivity index (χ1n) is 6.86. The molecule has 1 heterocycles. The van der Waals surface area contributed by atoms with Crippen molar-refractivity contribution < 1.29 is 9.50 Å². The van der Waals surface area contributed by atoms with Crippen LogP contribution >= 0.6 is 0 Å². The second-order valence-corrected chi connectivity index (χ2v) is 4.82. The Labute approximate surface area is 123 Å². The third kappa shape index (κ3) is 4.13. The van der Waals surface area contributed by atoms with Gasteiger partial charge >= 0.3 is 0 Å². The Hall–Kier alpha value is -2.21. The highest BCUT2D eigenvalue weighted by Crippen LogP contribution is 2.18. The second kappa shape index (κ2) is 6.99. The number of aliphatic hydroxyl groups excluding tert-OH is 1. The molecule has 0 amide bonds. The molecule has 0 saturated heterocycles. The summed E-state index contributed by atoms with van der Waals surface area (Å²) in [4.78, 5) is 8.04. The normalized spacial score (nSPS) is 12.0. The zero-order valence-electron chi connectivity index (χ0n) is 12.1. The van der Waals surface area contributed by atoms with Gasteiger partial charge in [0.1, 0.15) is 0 Å². The molecule has 0 aliphatic heterocycles. The Kier molecular flexibility index (Phi) is 5.05. The van der Waals surface area contributed by atoms with E-state index >= 15 is 0 Å². The van der Waals surface area contributed by atoms with E-state index < -0.39 is 5.82 Å². The van der Waals surface area contributed by atoms with E-state index in [1.807, 2.05) is 38.1 Å². The van der Waals surface area contributed by atoms with Gasteiger partial charge in [0.15, 0.2) is 11.6 Å². The molecule has 6 heteroatoms. The minimum absolute atomic E-state index is 0.0828. The largest absolute Gasteiger partial charge is 0.394 e. The maximum atomic E-state index is 13.7. The van der Waals surface area contributed by atoms with Crippen molar-refractivity contribution in [2.45, 2.75) is 26.3 Å². The van der Waals surface area contributed by atoms with Crippen LogP contribution in [0.4, 0.5) is 21.8 Å². The van der Waals surface area contributed by atoms with Gasteiger partial charge in [0.25, 0.3) is 0 Å². The molecule has 21 heavy (non-hydrogen) atoms. The van der Waals surface area contributed by atoms with Gasteiger partial charge < -0.3 is 15.7 Å². The fourth-order valence-electron chi connectivity index (χ4n) is 1.85. The van der Waals surface area contributed by atoms with Gasteiger partial charge in [0, 0.05) is 5.69 Å².